The lowest BCUT2D eigenvalue weighted by molar-refractivity contribution is -0.141. The van der Waals surface area contributed by atoms with Crippen molar-refractivity contribution in [2.45, 2.75) is 25.4 Å². The predicted octanol–water partition coefficient (Wildman–Crippen LogP) is 0.883. The quantitative estimate of drug-likeness (QED) is 0.846. The lowest BCUT2D eigenvalue weighted by atomic mass is 9.98. The molecule has 0 bridgehead atoms. The highest BCUT2D eigenvalue weighted by Crippen LogP contribution is 2.28. The highest BCUT2D eigenvalue weighted by molar-refractivity contribution is 7.12. The molecule has 0 saturated carbocycles. The lowest BCUT2D eigenvalue weighted by Gasteiger charge is -2.20. The largest absolute Gasteiger partial charge is 0.379 e. The monoisotopic (exact) mass is 295 g/mol. The number of carbonyl (C=O) groups is 2. The molecule has 2 amide bonds. The van der Waals surface area contributed by atoms with E-state index in [2.05, 4.69) is 15.8 Å². The van der Waals surface area contributed by atoms with Crippen molar-refractivity contribution in [2.75, 3.05) is 13.6 Å². The summed E-state index contributed by atoms with van der Waals surface area (Å²) in [6.07, 6.45) is 0.677. The summed E-state index contributed by atoms with van der Waals surface area (Å²) in [7, 11) is 1.56. The Labute approximate surface area is 121 Å². The fourth-order valence-corrected chi connectivity index (χ4v) is 2.54. The zero-order valence-electron chi connectivity index (χ0n) is 11.4. The summed E-state index contributed by atoms with van der Waals surface area (Å²) in [6, 6.07) is 3.88. The van der Waals surface area contributed by atoms with Crippen LogP contribution in [0.1, 0.15) is 24.6 Å². The molecule has 0 spiro atoms. The molecule has 1 unspecified atom stereocenters. The summed E-state index contributed by atoms with van der Waals surface area (Å²) in [5.74, 6) is -0.366. The van der Waals surface area contributed by atoms with Gasteiger partial charge < -0.3 is 15.5 Å². The van der Waals surface area contributed by atoms with E-state index >= 15 is 0 Å². The Hall–Kier alpha value is -1.89. The van der Waals surface area contributed by atoms with Crippen LogP contribution in [-0.4, -0.2) is 36.7 Å². The minimum Gasteiger partial charge on any atom is -0.379 e. The summed E-state index contributed by atoms with van der Waals surface area (Å²) in [5, 5.41) is 11.2. The van der Waals surface area contributed by atoms with Crippen LogP contribution in [-0.2, 0) is 14.4 Å². The first-order valence-corrected chi connectivity index (χ1v) is 7.21. The van der Waals surface area contributed by atoms with Gasteiger partial charge in [-0.3, -0.25) is 9.59 Å². The Balaban J connectivity index is 1.87. The molecule has 1 aromatic heterocycles. The van der Waals surface area contributed by atoms with Gasteiger partial charge in [-0.15, -0.1) is 11.3 Å². The molecule has 1 aromatic rings. The van der Waals surface area contributed by atoms with Crippen molar-refractivity contribution in [3.63, 3.8) is 0 Å². The third-order valence-corrected chi connectivity index (χ3v) is 3.98. The molecular weight excluding hydrogens is 278 g/mol. The third-order valence-electron chi connectivity index (χ3n) is 3.06. The molecule has 2 heterocycles. The molecule has 20 heavy (non-hydrogen) atoms. The van der Waals surface area contributed by atoms with Gasteiger partial charge in [-0.25, -0.2) is 0 Å². The standard InChI is InChI=1S/C13H17N3O3S/c1-13(12(18)15-6-5-11(17)14-2)8-9(16-19-13)10-4-3-7-20-10/h3-4,7H,5-6,8H2,1-2H3,(H,14,17)(H,15,18). The Morgan fingerprint density at radius 1 is 1.55 bits per heavy atom. The van der Waals surface area contributed by atoms with E-state index in [0.717, 1.165) is 10.6 Å². The topological polar surface area (TPSA) is 79.8 Å². The third kappa shape index (κ3) is 3.16. The molecular formula is C13H17N3O3S. The van der Waals surface area contributed by atoms with Gasteiger partial charge in [0.05, 0.1) is 4.88 Å². The summed E-state index contributed by atoms with van der Waals surface area (Å²) in [5.41, 5.74) is -0.217. The predicted molar refractivity (Wildman–Crippen MR) is 76.7 cm³/mol. The minimum atomic E-state index is -0.998. The maximum atomic E-state index is 12.1. The SMILES string of the molecule is CNC(=O)CCNC(=O)C1(C)CC(c2cccs2)=NO1. The second-order valence-corrected chi connectivity index (χ2v) is 5.64. The molecule has 2 N–H and O–H groups in total. The fourth-order valence-electron chi connectivity index (χ4n) is 1.84. The van der Waals surface area contributed by atoms with E-state index in [1.54, 1.807) is 25.3 Å². The average molecular weight is 295 g/mol. The number of oxime groups is 1. The average Bonchev–Trinajstić information content (AvgIpc) is 3.08. The van der Waals surface area contributed by atoms with Crippen molar-refractivity contribution in [3.05, 3.63) is 22.4 Å². The van der Waals surface area contributed by atoms with Crippen LogP contribution in [0.3, 0.4) is 0 Å². The summed E-state index contributed by atoms with van der Waals surface area (Å²) >= 11 is 1.56. The molecule has 1 aliphatic rings. The Kier molecular flexibility index (Phi) is 4.39. The number of hydrogen-bond donors (Lipinski definition) is 2. The molecule has 0 radical (unpaired) electrons. The second-order valence-electron chi connectivity index (χ2n) is 4.69. The number of nitrogens with zero attached hydrogens (tertiary/aromatic N) is 1. The van der Waals surface area contributed by atoms with E-state index in [9.17, 15) is 9.59 Å². The summed E-state index contributed by atoms with van der Waals surface area (Å²) in [4.78, 5) is 29.5. The first kappa shape index (κ1) is 14.5. The Morgan fingerprint density at radius 3 is 3.00 bits per heavy atom. The molecule has 108 valence electrons. The fraction of sp³-hybridized carbons (Fsp3) is 0.462. The van der Waals surface area contributed by atoms with Crippen molar-refractivity contribution >= 4 is 28.9 Å². The molecule has 6 nitrogen and oxygen atoms in total. The van der Waals surface area contributed by atoms with Gasteiger partial charge in [-0.05, 0) is 18.4 Å². The summed E-state index contributed by atoms with van der Waals surface area (Å²) < 4.78 is 0. The van der Waals surface area contributed by atoms with Gasteiger partial charge in [-0.1, -0.05) is 11.2 Å². The van der Waals surface area contributed by atoms with Crippen LogP contribution in [0.25, 0.3) is 0 Å². The van der Waals surface area contributed by atoms with E-state index < -0.39 is 5.60 Å². The first-order valence-electron chi connectivity index (χ1n) is 6.33. The molecule has 0 aliphatic carbocycles. The second kappa shape index (κ2) is 6.04. The first-order chi connectivity index (χ1) is 9.55. The maximum Gasteiger partial charge on any atom is 0.267 e. The van der Waals surface area contributed by atoms with Gasteiger partial charge in [0.25, 0.3) is 5.91 Å². The van der Waals surface area contributed by atoms with Crippen LogP contribution in [0.4, 0.5) is 0 Å². The number of carbonyl (C=O) groups excluding carboxylic acids is 2. The number of amides is 2. The molecule has 0 fully saturated rings. The molecule has 0 aromatic carbocycles. The summed E-state index contributed by atoms with van der Waals surface area (Å²) in [6.45, 7) is 1.98. The highest BCUT2D eigenvalue weighted by atomic mass is 32.1. The smallest absolute Gasteiger partial charge is 0.267 e. The van der Waals surface area contributed by atoms with Crippen LogP contribution in [0.5, 0.6) is 0 Å². The highest BCUT2D eigenvalue weighted by Gasteiger charge is 2.42. The van der Waals surface area contributed by atoms with Crippen molar-refractivity contribution in [3.8, 4) is 0 Å². The minimum absolute atomic E-state index is 0.113. The van der Waals surface area contributed by atoms with Crippen molar-refractivity contribution in [2.24, 2.45) is 5.16 Å². The normalized spacial score (nSPS) is 21.0. The van der Waals surface area contributed by atoms with E-state index in [1.807, 2.05) is 17.5 Å². The maximum absolute atomic E-state index is 12.1. The van der Waals surface area contributed by atoms with E-state index in [0.29, 0.717) is 6.42 Å². The molecule has 1 atom stereocenters. The van der Waals surface area contributed by atoms with Crippen molar-refractivity contribution < 1.29 is 14.4 Å². The molecule has 7 heteroatoms. The van der Waals surface area contributed by atoms with E-state index in [4.69, 9.17) is 4.84 Å². The van der Waals surface area contributed by atoms with Gasteiger partial charge >= 0.3 is 0 Å². The van der Waals surface area contributed by atoms with Gasteiger partial charge in [0.15, 0.2) is 0 Å². The van der Waals surface area contributed by atoms with Crippen LogP contribution >= 0.6 is 11.3 Å². The number of rotatable bonds is 5. The van der Waals surface area contributed by atoms with Crippen molar-refractivity contribution in [1.29, 1.82) is 0 Å². The van der Waals surface area contributed by atoms with Crippen LogP contribution in [0.15, 0.2) is 22.7 Å². The molecule has 2 rings (SSSR count). The van der Waals surface area contributed by atoms with Crippen LogP contribution in [0, 0.1) is 0 Å². The Morgan fingerprint density at radius 2 is 2.35 bits per heavy atom. The van der Waals surface area contributed by atoms with Gasteiger partial charge in [0.1, 0.15) is 5.71 Å². The number of nitrogens with one attached hydrogen (secondary N) is 2. The Bertz CT molecular complexity index is 527. The van der Waals surface area contributed by atoms with Gasteiger partial charge in [0, 0.05) is 26.4 Å². The molecule has 0 saturated heterocycles. The zero-order chi connectivity index (χ0) is 14.6. The van der Waals surface area contributed by atoms with Crippen LogP contribution < -0.4 is 10.6 Å². The van der Waals surface area contributed by atoms with E-state index in [-0.39, 0.29) is 24.8 Å². The van der Waals surface area contributed by atoms with Crippen molar-refractivity contribution in [1.82, 2.24) is 10.6 Å². The zero-order valence-corrected chi connectivity index (χ0v) is 12.3. The van der Waals surface area contributed by atoms with Crippen LogP contribution in [0.2, 0.25) is 0 Å². The van der Waals surface area contributed by atoms with E-state index in [1.165, 1.54) is 0 Å². The van der Waals surface area contributed by atoms with Gasteiger partial charge in [-0.2, -0.15) is 0 Å². The molecule has 1 aliphatic heterocycles. The van der Waals surface area contributed by atoms with Gasteiger partial charge in [0.2, 0.25) is 11.5 Å². The lowest BCUT2D eigenvalue weighted by Crippen LogP contribution is -2.45. The number of hydrogen-bond acceptors (Lipinski definition) is 5. The number of thiophene rings is 1.